The molecule has 0 spiro atoms. The first-order valence-electron chi connectivity index (χ1n) is 7.54. The number of hydrogen-bond donors (Lipinski definition) is 2. The van der Waals surface area contributed by atoms with Gasteiger partial charge in [-0.1, -0.05) is 18.5 Å². The van der Waals surface area contributed by atoms with Gasteiger partial charge in [0.2, 0.25) is 5.60 Å². The van der Waals surface area contributed by atoms with Crippen molar-refractivity contribution < 1.29 is 19.1 Å². The van der Waals surface area contributed by atoms with Crippen LogP contribution in [0.3, 0.4) is 0 Å². The highest BCUT2D eigenvalue weighted by atomic mass is 35.5. The number of nitrogens with zero attached hydrogens (tertiary/aromatic N) is 1. The van der Waals surface area contributed by atoms with Crippen LogP contribution in [0.1, 0.15) is 32.3 Å². The number of rotatable bonds is 5. The minimum atomic E-state index is -2.06. The average molecular weight is 343 g/mol. The van der Waals surface area contributed by atoms with E-state index in [2.05, 4.69) is 5.32 Å². The molecule has 126 valence electrons. The van der Waals surface area contributed by atoms with Gasteiger partial charge in [-0.15, -0.1) is 0 Å². The lowest BCUT2D eigenvalue weighted by Gasteiger charge is -2.25. The fourth-order valence-corrected chi connectivity index (χ4v) is 2.87. The predicted molar refractivity (Wildman–Crippen MR) is 84.3 cm³/mol. The summed E-state index contributed by atoms with van der Waals surface area (Å²) in [7, 11) is 0. The molecule has 1 saturated heterocycles. The number of carbonyl (C=O) groups is 2. The number of aliphatic hydroxyl groups is 1. The zero-order valence-corrected chi connectivity index (χ0v) is 13.9. The van der Waals surface area contributed by atoms with E-state index in [0.29, 0.717) is 12.1 Å². The molecule has 1 aliphatic rings. The Morgan fingerprint density at radius 2 is 2.22 bits per heavy atom. The van der Waals surface area contributed by atoms with Crippen LogP contribution in [-0.2, 0) is 16.1 Å². The molecule has 2 N–H and O–H groups in total. The molecule has 2 rings (SSSR count). The number of hydrogen-bond acceptors (Lipinski definition) is 3. The molecule has 0 saturated carbocycles. The van der Waals surface area contributed by atoms with Crippen LogP contribution in [0.15, 0.2) is 18.2 Å². The van der Waals surface area contributed by atoms with Gasteiger partial charge in [-0.05, 0) is 37.1 Å². The van der Waals surface area contributed by atoms with Crippen molar-refractivity contribution in [2.45, 2.75) is 44.9 Å². The van der Waals surface area contributed by atoms with Crippen molar-refractivity contribution in [3.05, 3.63) is 34.6 Å². The monoisotopic (exact) mass is 342 g/mol. The third-order valence-corrected chi connectivity index (χ3v) is 4.42. The smallest absolute Gasteiger partial charge is 0.264 e. The fraction of sp³-hybridized carbons (Fsp3) is 0.500. The first-order valence-corrected chi connectivity index (χ1v) is 7.92. The summed E-state index contributed by atoms with van der Waals surface area (Å²) < 4.78 is 13.3. The van der Waals surface area contributed by atoms with E-state index >= 15 is 0 Å². The lowest BCUT2D eigenvalue weighted by atomic mass is 10.0. The van der Waals surface area contributed by atoms with Gasteiger partial charge in [-0.2, -0.15) is 0 Å². The van der Waals surface area contributed by atoms with Gasteiger partial charge in [0.1, 0.15) is 5.82 Å². The van der Waals surface area contributed by atoms with Gasteiger partial charge in [0.25, 0.3) is 11.8 Å². The van der Waals surface area contributed by atoms with Gasteiger partial charge in [0.05, 0.1) is 0 Å². The second-order valence-corrected chi connectivity index (χ2v) is 6.26. The van der Waals surface area contributed by atoms with E-state index < -0.39 is 23.2 Å². The topological polar surface area (TPSA) is 69.6 Å². The Labute approximate surface area is 139 Å². The molecule has 2 amide bonds. The molecule has 5 nitrogen and oxygen atoms in total. The minimum absolute atomic E-state index is 0.0186. The van der Waals surface area contributed by atoms with Crippen molar-refractivity contribution >= 4 is 23.4 Å². The Morgan fingerprint density at radius 3 is 2.83 bits per heavy atom. The zero-order valence-electron chi connectivity index (χ0n) is 13.1. The molecular formula is C16H20ClFN2O3. The molecule has 0 radical (unpaired) electrons. The van der Waals surface area contributed by atoms with E-state index in [1.807, 2.05) is 13.8 Å². The van der Waals surface area contributed by atoms with Crippen LogP contribution in [0.25, 0.3) is 0 Å². The standard InChI is InChI=1S/C16H20ClFN2O3/c1-3-10(2)20-5-4-16(23,15(20)22)14(21)19-9-11-6-12(17)8-13(18)7-11/h6-8,10,23H,3-5,9H2,1-2H3,(H,19,21). The molecule has 1 aromatic rings. The summed E-state index contributed by atoms with van der Waals surface area (Å²) >= 11 is 5.75. The molecule has 1 fully saturated rings. The normalized spacial score (nSPS) is 22.3. The summed E-state index contributed by atoms with van der Waals surface area (Å²) in [5, 5.41) is 13.1. The van der Waals surface area contributed by atoms with Crippen molar-refractivity contribution in [1.29, 1.82) is 0 Å². The first kappa shape index (κ1) is 17.7. The summed E-state index contributed by atoms with van der Waals surface area (Å²) in [5.41, 5.74) is -1.60. The highest BCUT2D eigenvalue weighted by Gasteiger charge is 2.51. The molecule has 1 heterocycles. The van der Waals surface area contributed by atoms with Crippen LogP contribution in [0, 0.1) is 5.82 Å². The van der Waals surface area contributed by atoms with Gasteiger partial charge >= 0.3 is 0 Å². The lowest BCUT2D eigenvalue weighted by molar-refractivity contribution is -0.155. The van der Waals surface area contributed by atoms with Crippen molar-refractivity contribution in [2.24, 2.45) is 0 Å². The largest absolute Gasteiger partial charge is 0.372 e. The van der Waals surface area contributed by atoms with E-state index in [1.54, 1.807) is 0 Å². The molecule has 0 bridgehead atoms. The van der Waals surface area contributed by atoms with Crippen LogP contribution >= 0.6 is 11.6 Å². The van der Waals surface area contributed by atoms with E-state index in [1.165, 1.54) is 17.0 Å². The van der Waals surface area contributed by atoms with Crippen LogP contribution in [0.5, 0.6) is 0 Å². The number of likely N-dealkylation sites (tertiary alicyclic amines) is 1. The maximum atomic E-state index is 13.3. The van der Waals surface area contributed by atoms with Gasteiger partial charge in [-0.3, -0.25) is 9.59 Å². The van der Waals surface area contributed by atoms with Crippen molar-refractivity contribution in [3.63, 3.8) is 0 Å². The van der Waals surface area contributed by atoms with Crippen LogP contribution < -0.4 is 5.32 Å². The van der Waals surface area contributed by atoms with Gasteiger partial charge in [-0.25, -0.2) is 4.39 Å². The molecule has 1 aromatic carbocycles. The molecular weight excluding hydrogens is 323 g/mol. The zero-order chi connectivity index (χ0) is 17.2. The van der Waals surface area contributed by atoms with Crippen LogP contribution in [-0.4, -0.2) is 40.0 Å². The SMILES string of the molecule is CCC(C)N1CCC(O)(C(=O)NCc2cc(F)cc(Cl)c2)C1=O. The Morgan fingerprint density at radius 1 is 1.52 bits per heavy atom. The molecule has 7 heteroatoms. The lowest BCUT2D eigenvalue weighted by Crippen LogP contribution is -2.53. The highest BCUT2D eigenvalue weighted by Crippen LogP contribution is 2.26. The van der Waals surface area contributed by atoms with E-state index in [0.717, 1.165) is 12.5 Å². The quantitative estimate of drug-likeness (QED) is 0.802. The van der Waals surface area contributed by atoms with Crippen molar-refractivity contribution in [2.75, 3.05) is 6.54 Å². The summed E-state index contributed by atoms with van der Waals surface area (Å²) in [4.78, 5) is 26.1. The van der Waals surface area contributed by atoms with Gasteiger partial charge in [0, 0.05) is 30.6 Å². The Balaban J connectivity index is 2.04. The van der Waals surface area contributed by atoms with Gasteiger partial charge in [0.15, 0.2) is 0 Å². The maximum Gasteiger partial charge on any atom is 0.264 e. The number of benzene rings is 1. The third-order valence-electron chi connectivity index (χ3n) is 4.20. The van der Waals surface area contributed by atoms with E-state index in [-0.39, 0.29) is 24.0 Å². The third kappa shape index (κ3) is 3.64. The van der Waals surface area contributed by atoms with Crippen LogP contribution in [0.2, 0.25) is 5.02 Å². The second kappa shape index (κ2) is 6.84. The number of amides is 2. The number of halogens is 2. The summed E-state index contributed by atoms with van der Waals surface area (Å²) in [5.74, 6) is -1.87. The Kier molecular flexibility index (Phi) is 5.26. The molecule has 0 aliphatic carbocycles. The predicted octanol–water partition coefficient (Wildman–Crippen LogP) is 1.86. The highest BCUT2D eigenvalue weighted by molar-refractivity contribution is 6.30. The van der Waals surface area contributed by atoms with E-state index in [4.69, 9.17) is 11.6 Å². The molecule has 2 atom stereocenters. The summed E-state index contributed by atoms with van der Waals surface area (Å²) in [6.07, 6.45) is 0.789. The average Bonchev–Trinajstić information content (AvgIpc) is 2.80. The van der Waals surface area contributed by atoms with Crippen LogP contribution in [0.4, 0.5) is 4.39 Å². The first-order chi connectivity index (χ1) is 10.8. The number of carbonyl (C=O) groups excluding carboxylic acids is 2. The maximum absolute atomic E-state index is 13.3. The Bertz CT molecular complexity index is 605. The molecule has 1 aliphatic heterocycles. The summed E-state index contributed by atoms with van der Waals surface area (Å²) in [6, 6.07) is 3.87. The Hall–Kier alpha value is -1.66. The molecule has 0 aromatic heterocycles. The van der Waals surface area contributed by atoms with Crippen molar-refractivity contribution in [3.8, 4) is 0 Å². The van der Waals surface area contributed by atoms with Gasteiger partial charge < -0.3 is 15.3 Å². The van der Waals surface area contributed by atoms with Crippen molar-refractivity contribution in [1.82, 2.24) is 10.2 Å². The van der Waals surface area contributed by atoms with E-state index in [9.17, 15) is 19.1 Å². The molecule has 23 heavy (non-hydrogen) atoms. The minimum Gasteiger partial charge on any atom is -0.372 e. The summed E-state index contributed by atoms with van der Waals surface area (Å²) in [6.45, 7) is 4.12. The second-order valence-electron chi connectivity index (χ2n) is 5.83. The molecule has 2 unspecified atom stereocenters. The fourth-order valence-electron chi connectivity index (χ4n) is 2.62. The number of nitrogens with one attached hydrogen (secondary N) is 1.